The molecule has 0 aliphatic heterocycles. The van der Waals surface area contributed by atoms with Crippen LogP contribution in [0.5, 0.6) is 0 Å². The molecular formula is C29H39N5O6S. The van der Waals surface area contributed by atoms with Crippen LogP contribution in [0.3, 0.4) is 0 Å². The first kappa shape index (κ1) is 33.2. The van der Waals surface area contributed by atoms with Gasteiger partial charge in [-0.1, -0.05) is 32.1 Å². The number of fused-ring (bicyclic) bond motifs is 1. The first-order valence-corrected chi connectivity index (χ1v) is 14.1. The third kappa shape index (κ3) is 11.5. The van der Waals surface area contributed by atoms with E-state index >= 15 is 0 Å². The standard InChI is InChI=1S/C26H32N4O3S.C3H7NO3/c1-18(2)16-19-10-8-11-20-25(19)34-23(28-20)17-30-15-9-12-21(26(30)33)27-22(31)13-6-5-7-14-24(32)29(3)4;4-3(6)7-2-1-5/h7-12,14-15,18H,5-6,13,16-17H2,1-4H3,(H,27,31);5H,1-2H2,(H2,4,6)/b14-7+;. The van der Waals surface area contributed by atoms with Gasteiger partial charge in [0.05, 0.1) is 23.4 Å². The zero-order valence-electron chi connectivity index (χ0n) is 24.0. The van der Waals surface area contributed by atoms with Crippen molar-refractivity contribution in [3.05, 3.63) is 69.6 Å². The van der Waals surface area contributed by atoms with Gasteiger partial charge in [-0.25, -0.2) is 9.78 Å². The summed E-state index contributed by atoms with van der Waals surface area (Å²) in [6, 6.07) is 9.55. The summed E-state index contributed by atoms with van der Waals surface area (Å²) < 4.78 is 6.83. The number of unbranched alkanes of at least 4 members (excludes halogenated alkanes) is 1. The van der Waals surface area contributed by atoms with Gasteiger partial charge in [0.15, 0.2) is 0 Å². The molecule has 11 nitrogen and oxygen atoms in total. The molecule has 0 aliphatic carbocycles. The van der Waals surface area contributed by atoms with Gasteiger partial charge in [-0.3, -0.25) is 14.4 Å². The third-order valence-corrected chi connectivity index (χ3v) is 6.71. The van der Waals surface area contributed by atoms with Gasteiger partial charge in [0.2, 0.25) is 11.8 Å². The maximum atomic E-state index is 12.9. The van der Waals surface area contributed by atoms with Gasteiger partial charge in [0.25, 0.3) is 5.56 Å². The topological polar surface area (TPSA) is 157 Å². The van der Waals surface area contributed by atoms with Crippen LogP contribution >= 0.6 is 11.3 Å². The number of aliphatic hydroxyl groups excluding tert-OH is 1. The molecule has 0 saturated heterocycles. The lowest BCUT2D eigenvalue weighted by Crippen LogP contribution is -2.25. The number of likely N-dealkylation sites (N-methyl/N-ethyl adjacent to an activating group) is 1. The number of thiazole rings is 1. The first-order valence-electron chi connectivity index (χ1n) is 13.3. The van der Waals surface area contributed by atoms with Crippen LogP contribution < -0.4 is 16.6 Å². The monoisotopic (exact) mass is 585 g/mol. The van der Waals surface area contributed by atoms with Crippen LogP contribution in [-0.2, 0) is 27.3 Å². The Kier molecular flexibility index (Phi) is 13.7. The normalized spacial score (nSPS) is 10.9. The zero-order chi connectivity index (χ0) is 30.4. The van der Waals surface area contributed by atoms with Crippen LogP contribution in [0.25, 0.3) is 10.2 Å². The number of carbonyl (C=O) groups excluding carboxylic acids is 3. The lowest BCUT2D eigenvalue weighted by Gasteiger charge is -2.08. The first-order chi connectivity index (χ1) is 19.5. The number of nitrogens with zero attached hydrogens (tertiary/aromatic N) is 3. The van der Waals surface area contributed by atoms with Crippen molar-refractivity contribution in [2.75, 3.05) is 32.6 Å². The summed E-state index contributed by atoms with van der Waals surface area (Å²) in [5.74, 6) is 0.245. The van der Waals surface area contributed by atoms with Crippen molar-refractivity contribution in [3.8, 4) is 0 Å². The van der Waals surface area contributed by atoms with Crippen LogP contribution in [0.4, 0.5) is 10.5 Å². The fourth-order valence-electron chi connectivity index (χ4n) is 3.70. The molecule has 222 valence electrons. The average Bonchev–Trinajstić information content (AvgIpc) is 3.33. The van der Waals surface area contributed by atoms with E-state index in [1.807, 2.05) is 12.1 Å². The highest BCUT2D eigenvalue weighted by Gasteiger charge is 2.12. The smallest absolute Gasteiger partial charge is 0.404 e. The number of allylic oxidation sites excluding steroid dienone is 1. The van der Waals surface area contributed by atoms with E-state index in [-0.39, 0.29) is 42.7 Å². The number of anilines is 1. The second-order valence-corrected chi connectivity index (χ2v) is 10.9. The quantitative estimate of drug-likeness (QED) is 0.217. The fourth-order valence-corrected chi connectivity index (χ4v) is 4.78. The van der Waals surface area contributed by atoms with Crippen LogP contribution in [0.2, 0.25) is 0 Å². The van der Waals surface area contributed by atoms with Gasteiger partial charge in [0, 0.05) is 26.7 Å². The van der Waals surface area contributed by atoms with Gasteiger partial charge < -0.3 is 30.4 Å². The summed E-state index contributed by atoms with van der Waals surface area (Å²) in [6.45, 7) is 4.55. The number of aromatic nitrogens is 2. The Hall–Kier alpha value is -4.03. The molecule has 0 unspecified atom stereocenters. The average molecular weight is 586 g/mol. The predicted octanol–water partition coefficient (Wildman–Crippen LogP) is 3.53. The number of nitrogens with one attached hydrogen (secondary N) is 1. The van der Waals surface area contributed by atoms with E-state index in [0.29, 0.717) is 25.3 Å². The molecule has 0 saturated carbocycles. The molecule has 41 heavy (non-hydrogen) atoms. The number of hydrogen-bond donors (Lipinski definition) is 3. The van der Waals surface area contributed by atoms with Gasteiger partial charge in [-0.05, 0) is 55.0 Å². The highest BCUT2D eigenvalue weighted by Crippen LogP contribution is 2.28. The Labute approximate surface area is 243 Å². The van der Waals surface area contributed by atoms with Crippen LogP contribution in [0.15, 0.2) is 53.5 Å². The van der Waals surface area contributed by atoms with Crippen LogP contribution in [0.1, 0.15) is 43.7 Å². The molecule has 2 heterocycles. The number of benzene rings is 1. The van der Waals surface area contributed by atoms with Crippen molar-refractivity contribution in [1.82, 2.24) is 14.5 Å². The molecule has 1 aromatic carbocycles. The maximum Gasteiger partial charge on any atom is 0.404 e. The minimum atomic E-state index is -0.853. The minimum absolute atomic E-state index is 0.0185. The van der Waals surface area contributed by atoms with Crippen LogP contribution in [-0.4, -0.2) is 64.8 Å². The lowest BCUT2D eigenvalue weighted by atomic mass is 10.0. The van der Waals surface area contributed by atoms with Crippen molar-refractivity contribution in [1.29, 1.82) is 0 Å². The van der Waals surface area contributed by atoms with E-state index in [4.69, 9.17) is 10.1 Å². The van der Waals surface area contributed by atoms with Gasteiger partial charge in [-0.15, -0.1) is 11.3 Å². The Morgan fingerprint density at radius 3 is 2.61 bits per heavy atom. The van der Waals surface area contributed by atoms with Crippen LogP contribution in [0, 0.1) is 5.92 Å². The molecule has 0 radical (unpaired) electrons. The molecular weight excluding hydrogens is 546 g/mol. The molecule has 0 fully saturated rings. The second kappa shape index (κ2) is 16.9. The SMILES string of the molecule is CC(C)Cc1cccc2nc(Cn3cccc(NC(=O)CCC/C=C/C(=O)N(C)C)c3=O)sc12.NC(=O)OCCO. The van der Waals surface area contributed by atoms with E-state index in [1.165, 1.54) is 21.2 Å². The molecule has 0 spiro atoms. The number of amides is 3. The Morgan fingerprint density at radius 2 is 1.98 bits per heavy atom. The minimum Gasteiger partial charge on any atom is -0.447 e. The molecule has 0 aliphatic rings. The number of rotatable bonds is 12. The van der Waals surface area contributed by atoms with E-state index < -0.39 is 6.09 Å². The number of primary amides is 1. The fraction of sp³-hybridized carbons (Fsp3) is 0.414. The number of aliphatic hydroxyl groups is 1. The predicted molar refractivity (Wildman–Crippen MR) is 161 cm³/mol. The van der Waals surface area contributed by atoms with Crippen molar-refractivity contribution in [2.45, 2.75) is 46.1 Å². The van der Waals surface area contributed by atoms with E-state index in [9.17, 15) is 19.2 Å². The Balaban J connectivity index is 0.000000745. The highest BCUT2D eigenvalue weighted by atomic mass is 32.1. The molecule has 0 atom stereocenters. The number of ether oxygens (including phenoxy) is 1. The van der Waals surface area contributed by atoms with E-state index in [1.54, 1.807) is 54.4 Å². The number of pyridine rings is 1. The summed E-state index contributed by atoms with van der Waals surface area (Å²) in [5.41, 5.74) is 6.75. The number of hydrogen-bond acceptors (Lipinski definition) is 8. The molecule has 3 amide bonds. The summed E-state index contributed by atoms with van der Waals surface area (Å²) in [4.78, 5) is 52.6. The summed E-state index contributed by atoms with van der Waals surface area (Å²) >= 11 is 1.62. The number of nitrogens with two attached hydrogens (primary N) is 1. The second-order valence-electron chi connectivity index (χ2n) is 9.79. The van der Waals surface area contributed by atoms with Crippen molar-refractivity contribution < 1.29 is 24.2 Å². The maximum absolute atomic E-state index is 12.9. The highest BCUT2D eigenvalue weighted by molar-refractivity contribution is 7.18. The van der Waals surface area contributed by atoms with Crippen molar-refractivity contribution in [3.63, 3.8) is 0 Å². The van der Waals surface area contributed by atoms with E-state index in [0.717, 1.165) is 16.9 Å². The Morgan fingerprint density at radius 1 is 1.22 bits per heavy atom. The van der Waals surface area contributed by atoms with E-state index in [2.05, 4.69) is 35.7 Å². The number of carbonyl (C=O) groups is 3. The van der Waals surface area contributed by atoms with Gasteiger partial charge >= 0.3 is 6.09 Å². The summed E-state index contributed by atoms with van der Waals surface area (Å²) in [5, 5.41) is 11.6. The van der Waals surface area contributed by atoms with Gasteiger partial charge in [-0.2, -0.15) is 0 Å². The molecule has 4 N–H and O–H groups in total. The largest absolute Gasteiger partial charge is 0.447 e. The third-order valence-electron chi connectivity index (χ3n) is 5.58. The van der Waals surface area contributed by atoms with Crippen molar-refractivity contribution in [2.24, 2.45) is 11.7 Å². The molecule has 12 heteroatoms. The summed E-state index contributed by atoms with van der Waals surface area (Å²) in [7, 11) is 3.38. The zero-order valence-corrected chi connectivity index (χ0v) is 24.8. The summed E-state index contributed by atoms with van der Waals surface area (Å²) in [6.07, 6.45) is 6.59. The molecule has 0 bridgehead atoms. The Bertz CT molecular complexity index is 1400. The van der Waals surface area contributed by atoms with Gasteiger partial charge in [0.1, 0.15) is 17.3 Å². The van der Waals surface area contributed by atoms with Crippen molar-refractivity contribution >= 4 is 45.1 Å². The molecule has 2 aromatic heterocycles. The molecule has 3 aromatic rings. The molecule has 3 rings (SSSR count). The lowest BCUT2D eigenvalue weighted by molar-refractivity contribution is -0.123.